The summed E-state index contributed by atoms with van der Waals surface area (Å²) in [5.41, 5.74) is -0.0941. The van der Waals surface area contributed by atoms with Crippen molar-refractivity contribution in [1.82, 2.24) is 0 Å². The van der Waals surface area contributed by atoms with Gasteiger partial charge in [0.2, 0.25) is 0 Å². The molecule has 0 saturated heterocycles. The summed E-state index contributed by atoms with van der Waals surface area (Å²) in [5.74, 6) is -0.373. The van der Waals surface area contributed by atoms with Crippen LogP contribution in [0, 0.1) is 17.6 Å². The first-order chi connectivity index (χ1) is 5.65. The summed E-state index contributed by atoms with van der Waals surface area (Å²) >= 11 is 5.47. The Morgan fingerprint density at radius 1 is 1.58 bits per heavy atom. The minimum Gasteiger partial charge on any atom is -0.207 e. The molecule has 0 bridgehead atoms. The fraction of sp³-hybridized carbons (Fsp3) is 0.250. The fourth-order valence-electron chi connectivity index (χ4n) is 0.818. The highest BCUT2D eigenvalue weighted by atomic mass is 35.5. The standard InChI is InChI=1S/C8H7ClFNO/c1-5-2-3-6(4-7(5)10)8(9)11-12/h2-4,8H,1H3. The third kappa shape index (κ3) is 1.80. The van der Waals surface area contributed by atoms with Crippen LogP contribution in [0.4, 0.5) is 4.39 Å². The molecule has 4 heteroatoms. The molecule has 0 amide bonds. The zero-order valence-corrected chi connectivity index (χ0v) is 7.18. The van der Waals surface area contributed by atoms with Crippen LogP contribution in [-0.4, -0.2) is 0 Å². The Labute approximate surface area is 74.3 Å². The van der Waals surface area contributed by atoms with Gasteiger partial charge in [-0.1, -0.05) is 23.7 Å². The van der Waals surface area contributed by atoms with Gasteiger partial charge in [-0.25, -0.2) is 4.39 Å². The number of halogens is 2. The van der Waals surface area contributed by atoms with Crippen molar-refractivity contribution in [3.05, 3.63) is 40.1 Å². The van der Waals surface area contributed by atoms with E-state index < -0.39 is 5.50 Å². The van der Waals surface area contributed by atoms with Crippen LogP contribution >= 0.6 is 11.6 Å². The lowest BCUT2D eigenvalue weighted by Gasteiger charge is -2.02. The molecule has 0 aliphatic heterocycles. The predicted octanol–water partition coefficient (Wildman–Crippen LogP) is 3.14. The van der Waals surface area contributed by atoms with E-state index in [1.54, 1.807) is 19.1 Å². The quantitative estimate of drug-likeness (QED) is 0.397. The van der Waals surface area contributed by atoms with Gasteiger partial charge in [-0.15, -0.1) is 4.91 Å². The zero-order valence-electron chi connectivity index (χ0n) is 6.42. The number of benzene rings is 1. The first kappa shape index (κ1) is 9.13. The maximum atomic E-state index is 12.9. The lowest BCUT2D eigenvalue weighted by Crippen LogP contribution is -1.89. The van der Waals surface area contributed by atoms with E-state index in [-0.39, 0.29) is 5.82 Å². The van der Waals surface area contributed by atoms with E-state index >= 15 is 0 Å². The highest BCUT2D eigenvalue weighted by Gasteiger charge is 2.08. The van der Waals surface area contributed by atoms with Crippen molar-refractivity contribution < 1.29 is 4.39 Å². The number of aryl methyl sites for hydroxylation is 1. The molecule has 1 unspecified atom stereocenters. The third-order valence-corrected chi connectivity index (χ3v) is 1.90. The molecule has 64 valence electrons. The van der Waals surface area contributed by atoms with Gasteiger partial charge in [-0.05, 0) is 29.3 Å². The van der Waals surface area contributed by atoms with Gasteiger partial charge in [-0.2, -0.15) is 0 Å². The normalized spacial score (nSPS) is 12.6. The Balaban J connectivity index is 3.04. The van der Waals surface area contributed by atoms with Crippen molar-refractivity contribution in [1.29, 1.82) is 0 Å². The van der Waals surface area contributed by atoms with E-state index in [4.69, 9.17) is 11.6 Å². The number of hydrogen-bond acceptors (Lipinski definition) is 2. The average Bonchev–Trinajstić information content (AvgIpc) is 2.08. The highest BCUT2D eigenvalue weighted by molar-refractivity contribution is 6.20. The van der Waals surface area contributed by atoms with Crippen LogP contribution in [-0.2, 0) is 0 Å². The van der Waals surface area contributed by atoms with Crippen LogP contribution in [0.25, 0.3) is 0 Å². The summed E-state index contributed by atoms with van der Waals surface area (Å²) in [6.07, 6.45) is 0. The molecule has 0 N–H and O–H groups in total. The summed E-state index contributed by atoms with van der Waals surface area (Å²) < 4.78 is 12.9. The molecule has 2 nitrogen and oxygen atoms in total. The predicted molar refractivity (Wildman–Crippen MR) is 45.5 cm³/mol. The van der Waals surface area contributed by atoms with Crippen molar-refractivity contribution in [3.8, 4) is 0 Å². The minimum absolute atomic E-state index is 0.373. The van der Waals surface area contributed by atoms with Crippen molar-refractivity contribution in [2.45, 2.75) is 12.4 Å². The van der Waals surface area contributed by atoms with E-state index in [1.165, 1.54) is 6.07 Å². The van der Waals surface area contributed by atoms with E-state index in [0.29, 0.717) is 11.1 Å². The monoisotopic (exact) mass is 187 g/mol. The Hall–Kier alpha value is -0.960. The number of hydrogen-bond donors (Lipinski definition) is 0. The number of rotatable bonds is 2. The second-order valence-electron chi connectivity index (χ2n) is 2.45. The van der Waals surface area contributed by atoms with E-state index in [2.05, 4.69) is 5.18 Å². The largest absolute Gasteiger partial charge is 0.207 e. The Kier molecular flexibility index (Phi) is 2.76. The molecular weight excluding hydrogens is 181 g/mol. The molecule has 0 spiro atoms. The summed E-state index contributed by atoms with van der Waals surface area (Å²) in [7, 11) is 0. The van der Waals surface area contributed by atoms with Crippen LogP contribution in [0.15, 0.2) is 23.4 Å². The fourth-order valence-corrected chi connectivity index (χ4v) is 0.954. The molecule has 0 aliphatic rings. The van der Waals surface area contributed by atoms with Gasteiger partial charge in [0.05, 0.1) is 0 Å². The van der Waals surface area contributed by atoms with Gasteiger partial charge in [0.15, 0.2) is 5.50 Å². The molecule has 0 saturated carbocycles. The number of alkyl halides is 1. The Bertz CT molecular complexity index is 303. The van der Waals surface area contributed by atoms with Crippen LogP contribution < -0.4 is 0 Å². The number of nitrogens with zero attached hydrogens (tertiary/aromatic N) is 1. The van der Waals surface area contributed by atoms with Gasteiger partial charge < -0.3 is 0 Å². The summed E-state index contributed by atoms with van der Waals surface area (Å²) in [6.45, 7) is 1.64. The molecule has 1 aromatic rings. The molecule has 0 aromatic heterocycles. The third-order valence-electron chi connectivity index (χ3n) is 1.56. The second-order valence-corrected chi connectivity index (χ2v) is 2.86. The van der Waals surface area contributed by atoms with Gasteiger partial charge in [-0.3, -0.25) is 0 Å². The maximum Gasteiger partial charge on any atom is 0.190 e. The van der Waals surface area contributed by atoms with Crippen molar-refractivity contribution in [2.75, 3.05) is 0 Å². The highest BCUT2D eigenvalue weighted by Crippen LogP contribution is 2.22. The molecule has 12 heavy (non-hydrogen) atoms. The first-order valence-electron chi connectivity index (χ1n) is 3.37. The van der Waals surface area contributed by atoms with Crippen molar-refractivity contribution >= 4 is 11.6 Å². The molecule has 1 atom stereocenters. The smallest absolute Gasteiger partial charge is 0.190 e. The van der Waals surface area contributed by atoms with E-state index in [1.807, 2.05) is 0 Å². The van der Waals surface area contributed by atoms with Crippen LogP contribution in [0.5, 0.6) is 0 Å². The van der Waals surface area contributed by atoms with E-state index in [9.17, 15) is 9.30 Å². The van der Waals surface area contributed by atoms with Gasteiger partial charge >= 0.3 is 0 Å². The first-order valence-corrected chi connectivity index (χ1v) is 3.81. The Morgan fingerprint density at radius 2 is 2.25 bits per heavy atom. The van der Waals surface area contributed by atoms with Gasteiger partial charge in [0.25, 0.3) is 0 Å². The maximum absolute atomic E-state index is 12.9. The molecule has 1 rings (SSSR count). The van der Waals surface area contributed by atoms with Crippen molar-refractivity contribution in [3.63, 3.8) is 0 Å². The molecule has 1 aromatic carbocycles. The lowest BCUT2D eigenvalue weighted by atomic mass is 10.1. The topological polar surface area (TPSA) is 29.4 Å². The molecule has 0 radical (unpaired) electrons. The van der Waals surface area contributed by atoms with E-state index in [0.717, 1.165) is 0 Å². The van der Waals surface area contributed by atoms with Gasteiger partial charge in [0.1, 0.15) is 5.82 Å². The van der Waals surface area contributed by atoms with Crippen LogP contribution in [0.3, 0.4) is 0 Å². The molecule has 0 heterocycles. The summed E-state index contributed by atoms with van der Waals surface area (Å²) in [4.78, 5) is 10.00. The minimum atomic E-state index is -1.000. The van der Waals surface area contributed by atoms with Crippen LogP contribution in [0.2, 0.25) is 0 Å². The zero-order chi connectivity index (χ0) is 9.14. The summed E-state index contributed by atoms with van der Waals surface area (Å²) in [5, 5.41) is 2.58. The Morgan fingerprint density at radius 3 is 2.75 bits per heavy atom. The molecule has 0 aliphatic carbocycles. The van der Waals surface area contributed by atoms with Crippen molar-refractivity contribution in [2.24, 2.45) is 5.18 Å². The molecule has 0 fully saturated rings. The molecular formula is C8H7ClFNO. The average molecular weight is 188 g/mol. The summed E-state index contributed by atoms with van der Waals surface area (Å²) in [6, 6.07) is 4.36. The second kappa shape index (κ2) is 3.63. The number of nitroso groups, excluding NO2 is 1. The van der Waals surface area contributed by atoms with Crippen LogP contribution in [0.1, 0.15) is 16.6 Å². The lowest BCUT2D eigenvalue weighted by molar-refractivity contribution is 0.616. The SMILES string of the molecule is Cc1ccc(C(Cl)N=O)cc1F. The van der Waals surface area contributed by atoms with Gasteiger partial charge in [0, 0.05) is 0 Å².